The van der Waals surface area contributed by atoms with Gasteiger partial charge in [-0.2, -0.15) is 0 Å². The van der Waals surface area contributed by atoms with Crippen molar-refractivity contribution in [3.63, 3.8) is 0 Å². The van der Waals surface area contributed by atoms with Crippen LogP contribution in [0.4, 0.5) is 0 Å². The summed E-state index contributed by atoms with van der Waals surface area (Å²) in [5.74, 6) is 0.838. The molecule has 0 atom stereocenters. The lowest BCUT2D eigenvalue weighted by Crippen LogP contribution is -1.83. The van der Waals surface area contributed by atoms with Crippen molar-refractivity contribution in [3.05, 3.63) is 24.3 Å². The van der Waals surface area contributed by atoms with Crippen molar-refractivity contribution in [3.8, 4) is 0 Å². The van der Waals surface area contributed by atoms with E-state index in [0.29, 0.717) is 0 Å². The second-order valence-electron chi connectivity index (χ2n) is 6.37. The predicted molar refractivity (Wildman–Crippen MR) is 104 cm³/mol. The van der Waals surface area contributed by atoms with Gasteiger partial charge in [-0.25, -0.2) is 0 Å². The van der Waals surface area contributed by atoms with Gasteiger partial charge in [0.05, 0.1) is 0 Å². The van der Waals surface area contributed by atoms with E-state index in [2.05, 4.69) is 31.2 Å². The van der Waals surface area contributed by atoms with E-state index in [9.17, 15) is 0 Å². The topological polar surface area (TPSA) is 0 Å². The van der Waals surface area contributed by atoms with Crippen molar-refractivity contribution in [2.45, 2.75) is 103 Å². The molecule has 0 aliphatic carbocycles. The van der Waals surface area contributed by atoms with E-state index in [-0.39, 0.29) is 0 Å². The summed E-state index contributed by atoms with van der Waals surface area (Å²) in [6, 6.07) is 0. The quantitative estimate of drug-likeness (QED) is 0.143. The molecule has 0 N–H and O–H groups in total. The maximum atomic E-state index is 5.67. The number of rotatable bonds is 17. The summed E-state index contributed by atoms with van der Waals surface area (Å²) in [4.78, 5) is 0. The van der Waals surface area contributed by atoms with Crippen LogP contribution in [-0.2, 0) is 0 Å². The van der Waals surface area contributed by atoms with Crippen LogP contribution in [-0.4, -0.2) is 5.88 Å². The summed E-state index contributed by atoms with van der Waals surface area (Å²) in [5.41, 5.74) is 0. The Morgan fingerprint density at radius 3 is 1.41 bits per heavy atom. The van der Waals surface area contributed by atoms with Crippen LogP contribution in [0.1, 0.15) is 103 Å². The Morgan fingerprint density at radius 2 is 0.955 bits per heavy atom. The van der Waals surface area contributed by atoms with Gasteiger partial charge >= 0.3 is 0 Å². The van der Waals surface area contributed by atoms with Crippen molar-refractivity contribution >= 4 is 11.6 Å². The van der Waals surface area contributed by atoms with Crippen LogP contribution in [0.15, 0.2) is 24.3 Å². The van der Waals surface area contributed by atoms with Gasteiger partial charge in [-0.05, 0) is 25.7 Å². The summed E-state index contributed by atoms with van der Waals surface area (Å²) in [6.07, 6.45) is 29.4. The Kier molecular flexibility index (Phi) is 20.6. The molecule has 1 heteroatoms. The third kappa shape index (κ3) is 19.8. The second kappa shape index (κ2) is 20.8. The number of hydrogen-bond acceptors (Lipinski definition) is 0. The van der Waals surface area contributed by atoms with Crippen molar-refractivity contribution in [2.24, 2.45) is 0 Å². The Morgan fingerprint density at radius 1 is 0.545 bits per heavy atom. The van der Waals surface area contributed by atoms with Crippen LogP contribution in [0.2, 0.25) is 0 Å². The molecule has 0 nitrogen and oxygen atoms in total. The van der Waals surface area contributed by atoms with Gasteiger partial charge in [0.15, 0.2) is 0 Å². The van der Waals surface area contributed by atoms with Crippen LogP contribution in [0, 0.1) is 0 Å². The van der Waals surface area contributed by atoms with Crippen LogP contribution in [0.3, 0.4) is 0 Å². The highest BCUT2D eigenvalue weighted by molar-refractivity contribution is 6.17. The van der Waals surface area contributed by atoms with Crippen molar-refractivity contribution in [2.75, 3.05) is 5.88 Å². The molecule has 0 aromatic rings. The van der Waals surface area contributed by atoms with Gasteiger partial charge in [-0.1, -0.05) is 102 Å². The molecule has 130 valence electrons. The fourth-order valence-corrected chi connectivity index (χ4v) is 2.81. The zero-order chi connectivity index (χ0) is 16.1. The SMILES string of the molecule is CCCC/C=C\C=C\CCCCCCCCCCCCCCl. The van der Waals surface area contributed by atoms with Gasteiger partial charge in [-0.3, -0.25) is 0 Å². The van der Waals surface area contributed by atoms with E-state index in [4.69, 9.17) is 11.6 Å². The Labute approximate surface area is 145 Å². The molecule has 0 rings (SSSR count). The number of allylic oxidation sites excluding steroid dienone is 4. The van der Waals surface area contributed by atoms with Gasteiger partial charge in [0.2, 0.25) is 0 Å². The van der Waals surface area contributed by atoms with Crippen LogP contribution in [0.5, 0.6) is 0 Å². The number of hydrogen-bond donors (Lipinski definition) is 0. The summed E-state index contributed by atoms with van der Waals surface area (Å²) < 4.78 is 0. The van der Waals surface area contributed by atoms with Gasteiger partial charge < -0.3 is 0 Å². The molecular weight excluding hydrogens is 288 g/mol. The molecule has 0 unspecified atom stereocenters. The number of unbranched alkanes of at least 4 members (excludes halogenated alkanes) is 13. The fraction of sp³-hybridized carbons (Fsp3) is 0.810. The van der Waals surface area contributed by atoms with E-state index in [1.54, 1.807) is 0 Å². The molecule has 0 aromatic heterocycles. The Bertz CT molecular complexity index is 242. The molecule has 0 radical (unpaired) electrons. The summed E-state index contributed by atoms with van der Waals surface area (Å²) >= 11 is 5.67. The highest BCUT2D eigenvalue weighted by atomic mass is 35.5. The molecule has 0 saturated carbocycles. The maximum Gasteiger partial charge on any atom is 0.0223 e. The fourth-order valence-electron chi connectivity index (χ4n) is 2.62. The third-order valence-electron chi connectivity index (χ3n) is 4.11. The highest BCUT2D eigenvalue weighted by Crippen LogP contribution is 2.12. The van der Waals surface area contributed by atoms with Crippen LogP contribution < -0.4 is 0 Å². The van der Waals surface area contributed by atoms with Gasteiger partial charge in [0.1, 0.15) is 0 Å². The van der Waals surface area contributed by atoms with E-state index >= 15 is 0 Å². The standard InChI is InChI=1S/C21H39Cl/c1-2-3-4-5-6-7-8-9-10-11-12-13-14-15-16-17-18-19-20-21-22/h5-8H,2-4,9-21H2,1H3/b6-5-,8-7+. The molecule has 0 fully saturated rings. The minimum Gasteiger partial charge on any atom is -0.127 e. The summed E-state index contributed by atoms with van der Waals surface area (Å²) in [7, 11) is 0. The first kappa shape index (κ1) is 21.8. The zero-order valence-corrected chi connectivity index (χ0v) is 15.8. The Balaban J connectivity index is 3.08. The molecule has 0 spiro atoms. The highest BCUT2D eigenvalue weighted by Gasteiger charge is 1.92. The van der Waals surface area contributed by atoms with Gasteiger partial charge in [-0.15, -0.1) is 11.6 Å². The normalized spacial score (nSPS) is 11.9. The average Bonchev–Trinajstić information content (AvgIpc) is 2.54. The second-order valence-corrected chi connectivity index (χ2v) is 6.74. The van der Waals surface area contributed by atoms with Gasteiger partial charge in [0.25, 0.3) is 0 Å². The maximum absolute atomic E-state index is 5.67. The lowest BCUT2D eigenvalue weighted by atomic mass is 10.1. The first-order valence-electron chi connectivity index (χ1n) is 9.79. The van der Waals surface area contributed by atoms with Crippen molar-refractivity contribution < 1.29 is 0 Å². The molecule has 0 aliphatic heterocycles. The molecule has 22 heavy (non-hydrogen) atoms. The number of alkyl halides is 1. The van der Waals surface area contributed by atoms with Crippen molar-refractivity contribution in [1.29, 1.82) is 0 Å². The average molecular weight is 327 g/mol. The van der Waals surface area contributed by atoms with E-state index < -0.39 is 0 Å². The molecule has 0 amide bonds. The molecular formula is C21H39Cl. The molecule has 0 saturated heterocycles. The van der Waals surface area contributed by atoms with E-state index in [0.717, 1.165) is 5.88 Å². The first-order chi connectivity index (χ1) is 10.9. The Hall–Kier alpha value is -0.230. The molecule has 0 bridgehead atoms. The minimum atomic E-state index is 0.838. The lowest BCUT2D eigenvalue weighted by Gasteiger charge is -2.02. The largest absolute Gasteiger partial charge is 0.127 e. The lowest BCUT2D eigenvalue weighted by molar-refractivity contribution is 0.551. The predicted octanol–water partition coefficient (Wildman–Crippen LogP) is 8.21. The number of halogens is 1. The van der Waals surface area contributed by atoms with E-state index in [1.807, 2.05) is 0 Å². The third-order valence-corrected chi connectivity index (χ3v) is 4.38. The molecule has 0 heterocycles. The summed E-state index contributed by atoms with van der Waals surface area (Å²) in [6.45, 7) is 2.24. The van der Waals surface area contributed by atoms with Crippen molar-refractivity contribution in [1.82, 2.24) is 0 Å². The van der Waals surface area contributed by atoms with Crippen LogP contribution in [0.25, 0.3) is 0 Å². The monoisotopic (exact) mass is 326 g/mol. The smallest absolute Gasteiger partial charge is 0.0223 e. The van der Waals surface area contributed by atoms with E-state index in [1.165, 1.54) is 96.3 Å². The molecule has 0 aliphatic rings. The minimum absolute atomic E-state index is 0.838. The zero-order valence-electron chi connectivity index (χ0n) is 15.0. The first-order valence-corrected chi connectivity index (χ1v) is 10.3. The summed E-state index contributed by atoms with van der Waals surface area (Å²) in [5, 5.41) is 0. The van der Waals surface area contributed by atoms with Gasteiger partial charge in [0, 0.05) is 5.88 Å². The molecule has 0 aromatic carbocycles. The van der Waals surface area contributed by atoms with Crippen LogP contribution >= 0.6 is 11.6 Å².